The number of carboxylic acid groups (broad SMARTS) is 1. The summed E-state index contributed by atoms with van der Waals surface area (Å²) in [5.41, 5.74) is 0. The zero-order valence-corrected chi connectivity index (χ0v) is 11.3. The van der Waals surface area contributed by atoms with Crippen molar-refractivity contribution in [2.24, 2.45) is 0 Å². The molecule has 0 saturated carbocycles. The Labute approximate surface area is 112 Å². The van der Waals surface area contributed by atoms with E-state index in [1.807, 2.05) is 4.90 Å². The summed E-state index contributed by atoms with van der Waals surface area (Å²) in [5.74, 6) is -1.27. The van der Waals surface area contributed by atoms with Gasteiger partial charge in [-0.25, -0.2) is 4.79 Å². The molecule has 0 bridgehead atoms. The number of likely N-dealkylation sites (tertiary alicyclic amines) is 1. The second-order valence-electron chi connectivity index (χ2n) is 5.04. The van der Waals surface area contributed by atoms with Gasteiger partial charge in [0, 0.05) is 12.1 Å². The second-order valence-corrected chi connectivity index (χ2v) is 5.04. The number of hydrogen-bond donors (Lipinski definition) is 3. The normalized spacial score (nSPS) is 19.4. The Bertz CT molecular complexity index is 357. The number of imide groups is 1. The number of amides is 3. The molecule has 3 N–H and O–H groups in total. The van der Waals surface area contributed by atoms with Crippen molar-refractivity contribution in [2.45, 2.75) is 45.2 Å². The quantitative estimate of drug-likeness (QED) is 0.661. The molecule has 1 atom stereocenters. The average Bonchev–Trinajstić information content (AvgIpc) is 2.62. The Balaban J connectivity index is 2.38. The van der Waals surface area contributed by atoms with Gasteiger partial charge in [-0.1, -0.05) is 0 Å². The zero-order chi connectivity index (χ0) is 14.4. The van der Waals surface area contributed by atoms with E-state index in [9.17, 15) is 14.4 Å². The summed E-state index contributed by atoms with van der Waals surface area (Å²) in [4.78, 5) is 35.5. The third kappa shape index (κ3) is 5.69. The summed E-state index contributed by atoms with van der Waals surface area (Å²) in [6.07, 6.45) is 1.69. The highest BCUT2D eigenvalue weighted by Gasteiger charge is 2.28. The Morgan fingerprint density at radius 2 is 2.05 bits per heavy atom. The Morgan fingerprint density at radius 1 is 1.37 bits per heavy atom. The summed E-state index contributed by atoms with van der Waals surface area (Å²) in [6, 6.07) is -0.676. The molecule has 1 fully saturated rings. The van der Waals surface area contributed by atoms with Gasteiger partial charge in [-0.05, 0) is 33.2 Å². The van der Waals surface area contributed by atoms with Gasteiger partial charge in [-0.15, -0.1) is 0 Å². The average molecular weight is 271 g/mol. The van der Waals surface area contributed by atoms with Crippen LogP contribution in [0.5, 0.6) is 0 Å². The van der Waals surface area contributed by atoms with Crippen LogP contribution < -0.4 is 10.6 Å². The van der Waals surface area contributed by atoms with Gasteiger partial charge in [0.1, 0.15) is 0 Å². The molecule has 0 aromatic carbocycles. The van der Waals surface area contributed by atoms with Gasteiger partial charge < -0.3 is 10.4 Å². The van der Waals surface area contributed by atoms with Crippen LogP contribution in [0.3, 0.4) is 0 Å². The molecule has 1 unspecified atom stereocenters. The van der Waals surface area contributed by atoms with Crippen molar-refractivity contribution in [1.29, 1.82) is 0 Å². The maximum Gasteiger partial charge on any atom is 0.321 e. The van der Waals surface area contributed by atoms with Gasteiger partial charge in [0.15, 0.2) is 0 Å². The lowest BCUT2D eigenvalue weighted by Crippen LogP contribution is -2.47. The fraction of sp³-hybridized carbons (Fsp3) is 0.750. The van der Waals surface area contributed by atoms with Crippen molar-refractivity contribution < 1.29 is 19.5 Å². The van der Waals surface area contributed by atoms with E-state index in [0.29, 0.717) is 6.54 Å². The smallest absolute Gasteiger partial charge is 0.321 e. The number of urea groups is 1. The van der Waals surface area contributed by atoms with Crippen LogP contribution >= 0.6 is 0 Å². The predicted octanol–water partition coefficient (Wildman–Crippen LogP) is 0.160. The molecule has 0 aromatic heterocycles. The largest absolute Gasteiger partial charge is 0.481 e. The maximum atomic E-state index is 11.7. The zero-order valence-electron chi connectivity index (χ0n) is 11.3. The molecule has 0 radical (unpaired) electrons. The van der Waals surface area contributed by atoms with E-state index in [2.05, 4.69) is 10.6 Å². The predicted molar refractivity (Wildman–Crippen MR) is 68.7 cm³/mol. The van der Waals surface area contributed by atoms with Gasteiger partial charge in [-0.3, -0.25) is 19.8 Å². The molecule has 1 aliphatic heterocycles. The van der Waals surface area contributed by atoms with Crippen LogP contribution in [0.1, 0.15) is 33.1 Å². The summed E-state index contributed by atoms with van der Waals surface area (Å²) in [7, 11) is 0. The fourth-order valence-electron chi connectivity index (χ4n) is 2.18. The van der Waals surface area contributed by atoms with Crippen LogP contribution in [0.25, 0.3) is 0 Å². The van der Waals surface area contributed by atoms with Crippen molar-refractivity contribution >= 4 is 17.9 Å². The highest BCUT2D eigenvalue weighted by atomic mass is 16.4. The van der Waals surface area contributed by atoms with Gasteiger partial charge >= 0.3 is 12.0 Å². The Kier molecular flexibility index (Phi) is 5.75. The highest BCUT2D eigenvalue weighted by Crippen LogP contribution is 2.19. The Morgan fingerprint density at radius 3 is 2.63 bits per heavy atom. The molecule has 1 aliphatic rings. The van der Waals surface area contributed by atoms with E-state index >= 15 is 0 Å². The third-order valence-electron chi connectivity index (χ3n) is 2.93. The van der Waals surface area contributed by atoms with Gasteiger partial charge in [0.25, 0.3) is 0 Å². The summed E-state index contributed by atoms with van der Waals surface area (Å²) >= 11 is 0. The number of nitrogens with one attached hydrogen (secondary N) is 2. The van der Waals surface area contributed by atoms with Crippen LogP contribution in [0.2, 0.25) is 0 Å². The first-order valence-corrected chi connectivity index (χ1v) is 6.44. The van der Waals surface area contributed by atoms with Gasteiger partial charge in [-0.2, -0.15) is 0 Å². The molecular formula is C12H21N3O4. The molecule has 7 nitrogen and oxygen atoms in total. The van der Waals surface area contributed by atoms with Crippen molar-refractivity contribution in [3.05, 3.63) is 0 Å². The SMILES string of the molecule is CC(C)NC(=O)NC(=O)CN1CCCC1CC(=O)O. The number of nitrogens with zero attached hydrogens (tertiary/aromatic N) is 1. The standard InChI is InChI=1S/C12H21N3O4/c1-8(2)13-12(19)14-10(16)7-15-5-3-4-9(15)6-11(17)18/h8-9H,3-7H2,1-2H3,(H,17,18)(H2,13,14,16,19). The molecular weight excluding hydrogens is 250 g/mol. The minimum Gasteiger partial charge on any atom is -0.481 e. The number of rotatable bonds is 5. The third-order valence-corrected chi connectivity index (χ3v) is 2.93. The van der Waals surface area contributed by atoms with Crippen molar-refractivity contribution in [2.75, 3.05) is 13.1 Å². The van der Waals surface area contributed by atoms with E-state index in [1.165, 1.54) is 0 Å². The summed E-state index contributed by atoms with van der Waals surface area (Å²) in [6.45, 7) is 4.35. The maximum absolute atomic E-state index is 11.7. The molecule has 0 aliphatic carbocycles. The molecule has 19 heavy (non-hydrogen) atoms. The highest BCUT2D eigenvalue weighted by molar-refractivity contribution is 5.95. The van der Waals surface area contributed by atoms with Gasteiger partial charge in [0.2, 0.25) is 5.91 Å². The lowest BCUT2D eigenvalue weighted by molar-refractivity contribution is -0.138. The van der Waals surface area contributed by atoms with Crippen molar-refractivity contribution in [3.8, 4) is 0 Å². The van der Waals surface area contributed by atoms with E-state index in [1.54, 1.807) is 13.8 Å². The van der Waals surface area contributed by atoms with Crippen molar-refractivity contribution in [1.82, 2.24) is 15.5 Å². The van der Waals surface area contributed by atoms with E-state index in [4.69, 9.17) is 5.11 Å². The molecule has 1 saturated heterocycles. The first kappa shape index (κ1) is 15.4. The van der Waals surface area contributed by atoms with Gasteiger partial charge in [0.05, 0.1) is 13.0 Å². The number of aliphatic carboxylic acids is 1. The van der Waals surface area contributed by atoms with Crippen molar-refractivity contribution in [3.63, 3.8) is 0 Å². The summed E-state index contributed by atoms with van der Waals surface area (Å²) < 4.78 is 0. The molecule has 108 valence electrons. The lowest BCUT2D eigenvalue weighted by Gasteiger charge is -2.22. The molecule has 7 heteroatoms. The van der Waals surface area contributed by atoms with Crippen LogP contribution in [0.15, 0.2) is 0 Å². The molecule has 1 heterocycles. The minimum absolute atomic E-state index is 0.0332. The van der Waals surface area contributed by atoms with E-state index in [0.717, 1.165) is 12.8 Å². The van der Waals surface area contributed by atoms with E-state index in [-0.39, 0.29) is 25.0 Å². The molecule has 0 aromatic rings. The minimum atomic E-state index is -0.866. The first-order chi connectivity index (χ1) is 8.88. The molecule has 3 amide bonds. The number of hydrogen-bond acceptors (Lipinski definition) is 4. The number of carboxylic acids is 1. The number of carbonyl (C=O) groups excluding carboxylic acids is 2. The fourth-order valence-corrected chi connectivity index (χ4v) is 2.18. The second kappa shape index (κ2) is 7.08. The lowest BCUT2D eigenvalue weighted by atomic mass is 10.1. The Hall–Kier alpha value is -1.63. The van der Waals surface area contributed by atoms with Crippen LogP contribution in [0.4, 0.5) is 4.79 Å². The van der Waals surface area contributed by atoms with Crippen LogP contribution in [-0.4, -0.2) is 53.1 Å². The first-order valence-electron chi connectivity index (χ1n) is 6.44. The topological polar surface area (TPSA) is 98.7 Å². The number of carbonyl (C=O) groups is 3. The molecule has 1 rings (SSSR count). The van der Waals surface area contributed by atoms with Crippen LogP contribution in [0, 0.1) is 0 Å². The monoisotopic (exact) mass is 271 g/mol. The molecule has 0 spiro atoms. The van der Waals surface area contributed by atoms with E-state index < -0.39 is 17.9 Å². The van der Waals surface area contributed by atoms with Crippen LogP contribution in [-0.2, 0) is 9.59 Å². The summed E-state index contributed by atoms with van der Waals surface area (Å²) in [5, 5.41) is 13.6.